The number of nitrogens with one attached hydrogen (secondary N) is 1. The van der Waals surface area contributed by atoms with Gasteiger partial charge in [-0.25, -0.2) is 4.98 Å². The maximum absolute atomic E-state index is 12.7. The second kappa shape index (κ2) is 6.87. The Labute approximate surface area is 140 Å². The maximum Gasteiger partial charge on any atom is 0.257 e. The number of benzene rings is 2. The van der Waals surface area contributed by atoms with Gasteiger partial charge < -0.3 is 5.32 Å². The molecule has 3 aromatic rings. The first-order chi connectivity index (χ1) is 11.6. The van der Waals surface area contributed by atoms with Crippen LogP contribution in [0.25, 0.3) is 0 Å². The number of amides is 1. The van der Waals surface area contributed by atoms with Gasteiger partial charge in [0.2, 0.25) is 0 Å². The third kappa shape index (κ3) is 3.38. The molecule has 118 valence electrons. The van der Waals surface area contributed by atoms with Crippen LogP contribution < -0.4 is 5.32 Å². The van der Waals surface area contributed by atoms with Crippen molar-refractivity contribution in [3.8, 4) is 0 Å². The average molecular weight is 316 g/mol. The molecule has 0 fully saturated rings. The Morgan fingerprint density at radius 2 is 1.54 bits per heavy atom. The number of aromatic nitrogens is 1. The van der Waals surface area contributed by atoms with Crippen molar-refractivity contribution in [3.05, 3.63) is 95.2 Å². The van der Waals surface area contributed by atoms with E-state index in [4.69, 9.17) is 0 Å². The van der Waals surface area contributed by atoms with Crippen molar-refractivity contribution in [2.45, 2.75) is 6.92 Å². The molecule has 1 N–H and O–H groups in total. The molecule has 4 nitrogen and oxygen atoms in total. The van der Waals surface area contributed by atoms with Crippen molar-refractivity contribution < 1.29 is 9.59 Å². The minimum Gasteiger partial charge on any atom is -0.307 e. The SMILES string of the molecule is Cc1ccnc(NC(=O)c2ccccc2C(=O)c2ccccc2)c1. The van der Waals surface area contributed by atoms with Crippen LogP contribution in [0.4, 0.5) is 5.82 Å². The number of carbonyl (C=O) groups is 2. The van der Waals surface area contributed by atoms with Crippen LogP contribution in [0.5, 0.6) is 0 Å². The van der Waals surface area contributed by atoms with E-state index in [1.165, 1.54) is 0 Å². The van der Waals surface area contributed by atoms with Crippen LogP contribution in [0.3, 0.4) is 0 Å². The number of rotatable bonds is 4. The van der Waals surface area contributed by atoms with E-state index < -0.39 is 0 Å². The molecular weight excluding hydrogens is 300 g/mol. The number of anilines is 1. The van der Waals surface area contributed by atoms with Gasteiger partial charge in [-0.15, -0.1) is 0 Å². The number of hydrogen-bond acceptors (Lipinski definition) is 3. The Morgan fingerprint density at radius 1 is 0.875 bits per heavy atom. The van der Waals surface area contributed by atoms with E-state index in [0.717, 1.165) is 5.56 Å². The van der Waals surface area contributed by atoms with Crippen LogP contribution in [0.2, 0.25) is 0 Å². The summed E-state index contributed by atoms with van der Waals surface area (Å²) in [4.78, 5) is 29.4. The molecule has 0 radical (unpaired) electrons. The smallest absolute Gasteiger partial charge is 0.257 e. The lowest BCUT2D eigenvalue weighted by Gasteiger charge is -2.09. The normalized spacial score (nSPS) is 10.2. The molecule has 0 unspecified atom stereocenters. The van der Waals surface area contributed by atoms with E-state index in [1.807, 2.05) is 19.1 Å². The fourth-order valence-electron chi connectivity index (χ4n) is 2.41. The second-order valence-corrected chi connectivity index (χ2v) is 5.41. The van der Waals surface area contributed by atoms with Gasteiger partial charge in [0.1, 0.15) is 5.82 Å². The number of nitrogens with zero attached hydrogens (tertiary/aromatic N) is 1. The van der Waals surface area contributed by atoms with E-state index in [0.29, 0.717) is 22.5 Å². The number of hydrogen-bond donors (Lipinski definition) is 1. The van der Waals surface area contributed by atoms with Crippen LogP contribution in [0, 0.1) is 6.92 Å². The predicted octanol–water partition coefficient (Wildman–Crippen LogP) is 3.87. The molecule has 24 heavy (non-hydrogen) atoms. The van der Waals surface area contributed by atoms with Gasteiger partial charge in [-0.05, 0) is 30.7 Å². The van der Waals surface area contributed by atoms with Crippen molar-refractivity contribution >= 4 is 17.5 Å². The van der Waals surface area contributed by atoms with Gasteiger partial charge in [0.05, 0.1) is 5.56 Å². The quantitative estimate of drug-likeness (QED) is 0.743. The fraction of sp³-hybridized carbons (Fsp3) is 0.0500. The molecule has 0 bridgehead atoms. The fourth-order valence-corrected chi connectivity index (χ4v) is 2.41. The Hall–Kier alpha value is -3.27. The van der Waals surface area contributed by atoms with E-state index in [-0.39, 0.29) is 11.7 Å². The lowest BCUT2D eigenvalue weighted by Crippen LogP contribution is -2.17. The summed E-state index contributed by atoms with van der Waals surface area (Å²) in [7, 11) is 0. The zero-order valence-corrected chi connectivity index (χ0v) is 13.2. The van der Waals surface area contributed by atoms with E-state index >= 15 is 0 Å². The van der Waals surface area contributed by atoms with Gasteiger partial charge in [-0.1, -0.05) is 48.5 Å². The number of aryl methyl sites for hydroxylation is 1. The van der Waals surface area contributed by atoms with Gasteiger partial charge in [-0.3, -0.25) is 9.59 Å². The van der Waals surface area contributed by atoms with E-state index in [2.05, 4.69) is 10.3 Å². The molecular formula is C20H16N2O2. The molecule has 0 spiro atoms. The average Bonchev–Trinajstić information content (AvgIpc) is 2.62. The molecule has 2 aromatic carbocycles. The molecule has 0 aliphatic heterocycles. The summed E-state index contributed by atoms with van der Waals surface area (Å²) < 4.78 is 0. The lowest BCUT2D eigenvalue weighted by molar-refractivity contribution is 0.0996. The Morgan fingerprint density at radius 3 is 2.25 bits per heavy atom. The number of ketones is 1. The van der Waals surface area contributed by atoms with Crippen molar-refractivity contribution in [2.75, 3.05) is 5.32 Å². The standard InChI is InChI=1S/C20H16N2O2/c1-14-11-12-21-18(13-14)22-20(24)17-10-6-5-9-16(17)19(23)15-7-3-2-4-8-15/h2-13H,1H3,(H,21,22,24). The van der Waals surface area contributed by atoms with Gasteiger partial charge in [0.15, 0.2) is 5.78 Å². The third-order valence-electron chi connectivity index (χ3n) is 3.61. The molecule has 0 saturated carbocycles. The molecule has 1 aromatic heterocycles. The van der Waals surface area contributed by atoms with Gasteiger partial charge in [-0.2, -0.15) is 0 Å². The largest absolute Gasteiger partial charge is 0.307 e. The van der Waals surface area contributed by atoms with Crippen LogP contribution in [0.1, 0.15) is 31.8 Å². The topological polar surface area (TPSA) is 59.1 Å². The molecule has 0 atom stereocenters. The first-order valence-corrected chi connectivity index (χ1v) is 7.58. The minimum absolute atomic E-state index is 0.182. The van der Waals surface area contributed by atoms with Gasteiger partial charge in [0.25, 0.3) is 5.91 Å². The van der Waals surface area contributed by atoms with Gasteiger partial charge >= 0.3 is 0 Å². The van der Waals surface area contributed by atoms with E-state index in [9.17, 15) is 9.59 Å². The molecule has 0 saturated heterocycles. The zero-order valence-electron chi connectivity index (χ0n) is 13.2. The molecule has 3 rings (SSSR count). The summed E-state index contributed by atoms with van der Waals surface area (Å²) in [6, 6.07) is 19.3. The summed E-state index contributed by atoms with van der Waals surface area (Å²) in [5.41, 5.74) is 2.24. The second-order valence-electron chi connectivity index (χ2n) is 5.41. The van der Waals surface area contributed by atoms with Crippen LogP contribution in [-0.4, -0.2) is 16.7 Å². The summed E-state index contributed by atoms with van der Waals surface area (Å²) in [6.07, 6.45) is 1.63. The predicted molar refractivity (Wildman–Crippen MR) is 93.2 cm³/mol. The van der Waals surface area contributed by atoms with Crippen molar-refractivity contribution in [2.24, 2.45) is 0 Å². The highest BCUT2D eigenvalue weighted by atomic mass is 16.2. The molecule has 1 heterocycles. The molecule has 4 heteroatoms. The Kier molecular flexibility index (Phi) is 4.47. The van der Waals surface area contributed by atoms with Crippen molar-refractivity contribution in [1.29, 1.82) is 0 Å². The van der Waals surface area contributed by atoms with E-state index in [1.54, 1.807) is 60.8 Å². The van der Waals surface area contributed by atoms with Crippen LogP contribution >= 0.6 is 0 Å². The summed E-state index contributed by atoms with van der Waals surface area (Å²) >= 11 is 0. The first kappa shape index (κ1) is 15.6. The highest BCUT2D eigenvalue weighted by Gasteiger charge is 2.18. The first-order valence-electron chi connectivity index (χ1n) is 7.58. The minimum atomic E-state index is -0.354. The highest BCUT2D eigenvalue weighted by Crippen LogP contribution is 2.16. The van der Waals surface area contributed by atoms with Crippen LogP contribution in [-0.2, 0) is 0 Å². The molecule has 1 amide bonds. The number of carbonyl (C=O) groups excluding carboxylic acids is 2. The summed E-state index contributed by atoms with van der Waals surface area (Å²) in [6.45, 7) is 1.92. The monoisotopic (exact) mass is 316 g/mol. The van der Waals surface area contributed by atoms with Gasteiger partial charge in [0, 0.05) is 17.3 Å². The summed E-state index contributed by atoms with van der Waals surface area (Å²) in [5.74, 6) is -0.0755. The maximum atomic E-state index is 12.7. The Bertz CT molecular complexity index is 889. The number of pyridine rings is 1. The zero-order chi connectivity index (χ0) is 16.9. The van der Waals surface area contributed by atoms with Crippen molar-refractivity contribution in [3.63, 3.8) is 0 Å². The van der Waals surface area contributed by atoms with Crippen LogP contribution in [0.15, 0.2) is 72.9 Å². The highest BCUT2D eigenvalue weighted by molar-refractivity contribution is 6.17. The lowest BCUT2D eigenvalue weighted by atomic mass is 9.98. The Balaban J connectivity index is 1.91. The third-order valence-corrected chi connectivity index (χ3v) is 3.61. The molecule has 0 aliphatic carbocycles. The van der Waals surface area contributed by atoms with Crippen molar-refractivity contribution in [1.82, 2.24) is 4.98 Å². The summed E-state index contributed by atoms with van der Waals surface area (Å²) in [5, 5.41) is 2.74. The molecule has 0 aliphatic rings.